The Labute approximate surface area is 174 Å². The molecule has 0 aliphatic rings. The highest BCUT2D eigenvalue weighted by molar-refractivity contribution is 5.98. The summed E-state index contributed by atoms with van der Waals surface area (Å²) in [5.41, 5.74) is 8.10. The van der Waals surface area contributed by atoms with Crippen LogP contribution in [-0.4, -0.2) is 37.2 Å². The van der Waals surface area contributed by atoms with Gasteiger partial charge in [0.15, 0.2) is 11.5 Å². The molecule has 9 heteroatoms. The Morgan fingerprint density at radius 3 is 2.23 bits per heavy atom. The maximum Gasteiger partial charge on any atom is 0.254 e. The number of anilines is 4. The molecule has 156 valence electrons. The number of amides is 1. The molecule has 2 aromatic carbocycles. The van der Waals surface area contributed by atoms with Gasteiger partial charge in [0.05, 0.1) is 21.3 Å². The van der Waals surface area contributed by atoms with Gasteiger partial charge in [0.1, 0.15) is 11.4 Å². The summed E-state index contributed by atoms with van der Waals surface area (Å²) in [4.78, 5) is 20.4. The number of carbonyl (C=O) groups excluding carboxylic acids is 1. The second kappa shape index (κ2) is 8.99. The predicted octanol–water partition coefficient (Wildman–Crippen LogP) is 3.40. The zero-order valence-corrected chi connectivity index (χ0v) is 17.1. The molecule has 4 N–H and O–H groups in total. The first-order valence-electron chi connectivity index (χ1n) is 9.02. The van der Waals surface area contributed by atoms with Gasteiger partial charge in [0.2, 0.25) is 11.7 Å². The maximum absolute atomic E-state index is 11.8. The van der Waals surface area contributed by atoms with Gasteiger partial charge in [0, 0.05) is 29.7 Å². The summed E-state index contributed by atoms with van der Waals surface area (Å²) in [7, 11) is 4.59. The number of methoxy groups -OCH3 is 3. The van der Waals surface area contributed by atoms with Crippen LogP contribution in [0.2, 0.25) is 0 Å². The van der Waals surface area contributed by atoms with Crippen molar-refractivity contribution in [1.82, 2.24) is 9.97 Å². The zero-order chi connectivity index (χ0) is 21.7. The number of aromatic nitrogens is 2. The highest BCUT2D eigenvalue weighted by Gasteiger charge is 2.16. The van der Waals surface area contributed by atoms with Crippen LogP contribution in [0.1, 0.15) is 15.9 Å². The molecule has 0 saturated carbocycles. The maximum atomic E-state index is 11.8. The fourth-order valence-corrected chi connectivity index (χ4v) is 2.86. The van der Waals surface area contributed by atoms with Crippen LogP contribution in [0.25, 0.3) is 0 Å². The van der Waals surface area contributed by atoms with E-state index in [-0.39, 0.29) is 17.3 Å². The molecule has 1 aromatic heterocycles. The summed E-state index contributed by atoms with van der Waals surface area (Å²) in [6.07, 6.45) is 1.37. The Hall–Kier alpha value is -4.01. The number of hydrogen-bond acceptors (Lipinski definition) is 8. The van der Waals surface area contributed by atoms with E-state index in [0.717, 1.165) is 11.3 Å². The molecule has 9 nitrogen and oxygen atoms in total. The summed E-state index contributed by atoms with van der Waals surface area (Å²) in [5, 5.41) is 6.20. The Bertz CT molecular complexity index is 1050. The van der Waals surface area contributed by atoms with Crippen molar-refractivity contribution in [3.05, 3.63) is 53.7 Å². The number of nitrogens with two attached hydrogens (primary N) is 1. The van der Waals surface area contributed by atoms with Crippen molar-refractivity contribution in [2.24, 2.45) is 5.73 Å². The van der Waals surface area contributed by atoms with E-state index < -0.39 is 5.91 Å². The predicted molar refractivity (Wildman–Crippen MR) is 114 cm³/mol. The molecule has 0 aliphatic heterocycles. The molecule has 3 aromatic rings. The fourth-order valence-electron chi connectivity index (χ4n) is 2.86. The van der Waals surface area contributed by atoms with Crippen LogP contribution >= 0.6 is 0 Å². The summed E-state index contributed by atoms with van der Waals surface area (Å²) >= 11 is 0. The summed E-state index contributed by atoms with van der Waals surface area (Å²) in [5.74, 6) is 1.33. The summed E-state index contributed by atoms with van der Waals surface area (Å²) in [6.45, 7) is 1.97. The summed E-state index contributed by atoms with van der Waals surface area (Å²) < 4.78 is 16.1. The van der Waals surface area contributed by atoms with E-state index >= 15 is 0 Å². The van der Waals surface area contributed by atoms with Gasteiger partial charge in [-0.1, -0.05) is 12.1 Å². The van der Waals surface area contributed by atoms with Crippen molar-refractivity contribution in [2.45, 2.75) is 6.92 Å². The smallest absolute Gasteiger partial charge is 0.254 e. The van der Waals surface area contributed by atoms with Crippen molar-refractivity contribution < 1.29 is 19.0 Å². The normalized spacial score (nSPS) is 10.3. The van der Waals surface area contributed by atoms with Gasteiger partial charge in [-0.05, 0) is 24.6 Å². The lowest BCUT2D eigenvalue weighted by atomic mass is 10.2. The van der Waals surface area contributed by atoms with Gasteiger partial charge in [-0.15, -0.1) is 0 Å². The van der Waals surface area contributed by atoms with Gasteiger partial charge < -0.3 is 30.6 Å². The van der Waals surface area contributed by atoms with Gasteiger partial charge in [0.25, 0.3) is 5.91 Å². The third kappa shape index (κ3) is 4.52. The molecule has 30 heavy (non-hydrogen) atoms. The van der Waals surface area contributed by atoms with E-state index in [2.05, 4.69) is 20.6 Å². The number of benzene rings is 2. The van der Waals surface area contributed by atoms with Crippen LogP contribution in [0.15, 0.2) is 42.6 Å². The van der Waals surface area contributed by atoms with Crippen LogP contribution in [-0.2, 0) is 0 Å². The highest BCUT2D eigenvalue weighted by atomic mass is 16.5. The van der Waals surface area contributed by atoms with E-state index in [0.29, 0.717) is 22.9 Å². The van der Waals surface area contributed by atoms with Gasteiger partial charge in [-0.25, -0.2) is 4.98 Å². The number of carbonyl (C=O) groups is 1. The first kappa shape index (κ1) is 20.7. The molecule has 0 saturated heterocycles. The van der Waals surface area contributed by atoms with Gasteiger partial charge in [-0.3, -0.25) is 4.79 Å². The Balaban J connectivity index is 1.96. The largest absolute Gasteiger partial charge is 0.493 e. The molecule has 0 atom stereocenters. The monoisotopic (exact) mass is 409 g/mol. The molecular formula is C21H23N5O4. The van der Waals surface area contributed by atoms with Crippen molar-refractivity contribution in [3.63, 3.8) is 0 Å². The minimum absolute atomic E-state index is 0.173. The molecule has 3 rings (SSSR count). The van der Waals surface area contributed by atoms with E-state index in [4.69, 9.17) is 19.9 Å². The Kier molecular flexibility index (Phi) is 6.21. The van der Waals surface area contributed by atoms with E-state index in [1.165, 1.54) is 27.5 Å². The van der Waals surface area contributed by atoms with Crippen LogP contribution in [0.4, 0.5) is 23.1 Å². The average molecular weight is 409 g/mol. The molecule has 1 amide bonds. The lowest BCUT2D eigenvalue weighted by molar-refractivity contribution is 0.100. The standard InChI is InChI=1S/C21H23N5O4/c1-12-6-5-7-13(8-12)24-20-15(19(22)27)11-23-21(26-20)25-14-9-16(28-2)18(30-4)17(10-14)29-3/h5-11H,1-4H3,(H2,22,27)(H2,23,24,25,26). The van der Waals surface area contributed by atoms with E-state index in [9.17, 15) is 4.79 Å². The molecule has 0 spiro atoms. The van der Waals surface area contributed by atoms with E-state index in [1.54, 1.807) is 12.1 Å². The molecule has 0 bridgehead atoms. The number of primary amides is 1. The molecule has 0 fully saturated rings. The number of hydrogen-bond donors (Lipinski definition) is 3. The molecule has 0 aliphatic carbocycles. The SMILES string of the molecule is COc1cc(Nc2ncc(C(N)=O)c(Nc3cccc(C)c3)n2)cc(OC)c1OC. The quantitative estimate of drug-likeness (QED) is 0.518. The van der Waals surface area contributed by atoms with Crippen LogP contribution in [0, 0.1) is 6.92 Å². The van der Waals surface area contributed by atoms with Crippen molar-refractivity contribution in [3.8, 4) is 17.2 Å². The fraction of sp³-hybridized carbons (Fsp3) is 0.190. The topological polar surface area (TPSA) is 121 Å². The second-order valence-electron chi connectivity index (χ2n) is 6.35. The lowest BCUT2D eigenvalue weighted by Gasteiger charge is -2.15. The van der Waals surface area contributed by atoms with Crippen molar-refractivity contribution >= 4 is 29.0 Å². The zero-order valence-electron chi connectivity index (χ0n) is 17.1. The number of nitrogens with one attached hydrogen (secondary N) is 2. The lowest BCUT2D eigenvalue weighted by Crippen LogP contribution is -2.15. The Morgan fingerprint density at radius 2 is 1.67 bits per heavy atom. The Morgan fingerprint density at radius 1 is 0.967 bits per heavy atom. The van der Waals surface area contributed by atoms with Crippen LogP contribution in [0.5, 0.6) is 17.2 Å². The number of aryl methyl sites for hydroxylation is 1. The van der Waals surface area contributed by atoms with Gasteiger partial charge in [-0.2, -0.15) is 4.98 Å². The number of ether oxygens (including phenoxy) is 3. The molecule has 0 radical (unpaired) electrons. The number of nitrogens with zero attached hydrogens (tertiary/aromatic N) is 2. The minimum atomic E-state index is -0.635. The molecular weight excluding hydrogens is 386 g/mol. The first-order valence-corrected chi connectivity index (χ1v) is 9.02. The second-order valence-corrected chi connectivity index (χ2v) is 6.35. The number of rotatable bonds is 8. The first-order chi connectivity index (χ1) is 14.4. The van der Waals surface area contributed by atoms with E-state index in [1.807, 2.05) is 31.2 Å². The molecule has 0 unspecified atom stereocenters. The highest BCUT2D eigenvalue weighted by Crippen LogP contribution is 2.40. The third-order valence-electron chi connectivity index (χ3n) is 4.26. The average Bonchev–Trinajstić information content (AvgIpc) is 2.73. The van der Waals surface area contributed by atoms with Gasteiger partial charge >= 0.3 is 0 Å². The van der Waals surface area contributed by atoms with Crippen LogP contribution < -0.4 is 30.6 Å². The van der Waals surface area contributed by atoms with Crippen molar-refractivity contribution in [1.29, 1.82) is 0 Å². The minimum Gasteiger partial charge on any atom is -0.493 e. The third-order valence-corrected chi connectivity index (χ3v) is 4.26. The summed E-state index contributed by atoms with van der Waals surface area (Å²) in [6, 6.07) is 11.1. The van der Waals surface area contributed by atoms with Crippen LogP contribution in [0.3, 0.4) is 0 Å². The molecule has 1 heterocycles. The van der Waals surface area contributed by atoms with Crippen molar-refractivity contribution in [2.75, 3.05) is 32.0 Å².